The van der Waals surface area contributed by atoms with Crippen molar-refractivity contribution in [2.75, 3.05) is 19.0 Å². The van der Waals surface area contributed by atoms with Gasteiger partial charge in [0.1, 0.15) is 24.7 Å². The van der Waals surface area contributed by atoms with Crippen LogP contribution in [0.15, 0.2) is 44.8 Å². The Morgan fingerprint density at radius 1 is 1.15 bits per heavy atom. The standard InChI is InChI=1S/C20H17ClF4N2O6S/c1-10(2)18(30)33-5-4-32-17(29)9-34-14-7-13(12(22)6-11(14)21)27-16(28)8-15(20(23,24)25)26(3)19(27)31/h6-8H,1,4-5,9H2,2-3H3. The summed E-state index contributed by atoms with van der Waals surface area (Å²) >= 11 is 6.73. The van der Waals surface area contributed by atoms with E-state index in [0.717, 1.165) is 30.9 Å². The fourth-order valence-corrected chi connectivity index (χ4v) is 3.57. The minimum absolute atomic E-state index is 0.0533. The van der Waals surface area contributed by atoms with E-state index in [-0.39, 0.29) is 49.7 Å². The zero-order valence-corrected chi connectivity index (χ0v) is 19.3. The van der Waals surface area contributed by atoms with Gasteiger partial charge in [-0.25, -0.2) is 18.5 Å². The molecule has 1 heterocycles. The Hall–Kier alpha value is -3.06. The van der Waals surface area contributed by atoms with Gasteiger partial charge < -0.3 is 9.47 Å². The molecule has 0 fully saturated rings. The van der Waals surface area contributed by atoms with Crippen molar-refractivity contribution < 1.29 is 36.6 Å². The van der Waals surface area contributed by atoms with Gasteiger partial charge in [0.15, 0.2) is 0 Å². The number of halogens is 5. The molecule has 1 aromatic carbocycles. The smallest absolute Gasteiger partial charge is 0.431 e. The Morgan fingerprint density at radius 3 is 2.35 bits per heavy atom. The van der Waals surface area contributed by atoms with Crippen LogP contribution in [0, 0.1) is 5.82 Å². The third-order valence-electron chi connectivity index (χ3n) is 4.13. The van der Waals surface area contributed by atoms with Crippen LogP contribution in [0.4, 0.5) is 17.6 Å². The van der Waals surface area contributed by atoms with Gasteiger partial charge in [-0.2, -0.15) is 13.2 Å². The molecule has 0 unspecified atom stereocenters. The van der Waals surface area contributed by atoms with E-state index in [1.54, 1.807) is 0 Å². The fraction of sp³-hybridized carbons (Fsp3) is 0.300. The molecular formula is C20H17ClF4N2O6S. The van der Waals surface area contributed by atoms with Gasteiger partial charge in [0.05, 0.1) is 16.5 Å². The van der Waals surface area contributed by atoms with Crippen molar-refractivity contribution in [3.8, 4) is 5.69 Å². The second kappa shape index (κ2) is 10.9. The lowest BCUT2D eigenvalue weighted by molar-refractivity contribution is -0.148. The fourth-order valence-electron chi connectivity index (χ4n) is 2.51. The van der Waals surface area contributed by atoms with Gasteiger partial charge in [0.2, 0.25) is 0 Å². The monoisotopic (exact) mass is 524 g/mol. The number of aromatic nitrogens is 2. The number of hydrogen-bond donors (Lipinski definition) is 0. The summed E-state index contributed by atoms with van der Waals surface area (Å²) in [6, 6.07) is 1.88. The summed E-state index contributed by atoms with van der Waals surface area (Å²) in [6.07, 6.45) is -4.98. The summed E-state index contributed by atoms with van der Waals surface area (Å²) in [6.45, 7) is 4.39. The number of nitrogens with zero attached hydrogens (tertiary/aromatic N) is 2. The zero-order chi connectivity index (χ0) is 25.8. The molecule has 14 heteroatoms. The number of hydrogen-bond acceptors (Lipinski definition) is 7. The number of alkyl halides is 3. The molecule has 0 aliphatic heterocycles. The Labute approximate surface area is 198 Å². The highest BCUT2D eigenvalue weighted by Gasteiger charge is 2.35. The highest BCUT2D eigenvalue weighted by Crippen LogP contribution is 2.31. The molecular weight excluding hydrogens is 508 g/mol. The summed E-state index contributed by atoms with van der Waals surface area (Å²) in [7, 11) is 0.786. The molecule has 0 aliphatic carbocycles. The molecule has 0 saturated heterocycles. The van der Waals surface area contributed by atoms with Crippen LogP contribution in [0.3, 0.4) is 0 Å². The Morgan fingerprint density at radius 2 is 1.76 bits per heavy atom. The minimum atomic E-state index is -4.98. The van der Waals surface area contributed by atoms with Crippen molar-refractivity contribution in [3.05, 3.63) is 67.7 Å². The predicted molar refractivity (Wildman–Crippen MR) is 115 cm³/mol. The number of benzene rings is 1. The number of carbonyl (C=O) groups is 2. The van der Waals surface area contributed by atoms with E-state index in [2.05, 4.69) is 6.58 Å². The number of thioether (sulfide) groups is 1. The van der Waals surface area contributed by atoms with Crippen LogP contribution in [-0.4, -0.2) is 40.0 Å². The van der Waals surface area contributed by atoms with Crippen molar-refractivity contribution in [1.82, 2.24) is 9.13 Å². The lowest BCUT2D eigenvalue weighted by Gasteiger charge is -2.15. The summed E-state index contributed by atoms with van der Waals surface area (Å²) in [5.74, 6) is -2.88. The quantitative estimate of drug-likeness (QED) is 0.172. The molecule has 0 N–H and O–H groups in total. The molecule has 0 atom stereocenters. The van der Waals surface area contributed by atoms with E-state index >= 15 is 0 Å². The number of rotatable bonds is 8. The van der Waals surface area contributed by atoms with Crippen molar-refractivity contribution >= 4 is 35.3 Å². The summed E-state index contributed by atoms with van der Waals surface area (Å²) in [4.78, 5) is 47.8. The van der Waals surface area contributed by atoms with Gasteiger partial charge in [-0.1, -0.05) is 18.2 Å². The van der Waals surface area contributed by atoms with Gasteiger partial charge in [0, 0.05) is 23.6 Å². The van der Waals surface area contributed by atoms with E-state index in [4.69, 9.17) is 21.1 Å². The highest BCUT2D eigenvalue weighted by molar-refractivity contribution is 8.00. The highest BCUT2D eigenvalue weighted by atomic mass is 35.5. The van der Waals surface area contributed by atoms with Crippen molar-refractivity contribution in [3.63, 3.8) is 0 Å². The maximum absolute atomic E-state index is 14.5. The first-order valence-corrected chi connectivity index (χ1v) is 10.6. The lowest BCUT2D eigenvalue weighted by atomic mass is 10.3. The van der Waals surface area contributed by atoms with Gasteiger partial charge in [-0.05, 0) is 19.1 Å². The first-order valence-electron chi connectivity index (χ1n) is 9.24. The Bertz CT molecular complexity index is 1260. The van der Waals surface area contributed by atoms with Gasteiger partial charge in [-0.3, -0.25) is 14.2 Å². The van der Waals surface area contributed by atoms with E-state index in [0.29, 0.717) is 0 Å². The molecule has 0 saturated carbocycles. The average Bonchev–Trinajstić information content (AvgIpc) is 2.73. The second-order valence-corrected chi connectivity index (χ2v) is 8.13. The molecule has 0 amide bonds. The van der Waals surface area contributed by atoms with Crippen molar-refractivity contribution in [2.45, 2.75) is 18.0 Å². The first kappa shape index (κ1) is 27.2. The maximum atomic E-state index is 14.5. The Kier molecular flexibility index (Phi) is 8.72. The minimum Gasteiger partial charge on any atom is -0.461 e. The van der Waals surface area contributed by atoms with E-state index in [1.807, 2.05) is 0 Å². The molecule has 8 nitrogen and oxygen atoms in total. The van der Waals surface area contributed by atoms with E-state index < -0.39 is 46.6 Å². The molecule has 0 bridgehead atoms. The largest absolute Gasteiger partial charge is 0.461 e. The van der Waals surface area contributed by atoms with E-state index in [9.17, 15) is 36.7 Å². The van der Waals surface area contributed by atoms with Crippen LogP contribution >= 0.6 is 23.4 Å². The van der Waals surface area contributed by atoms with Crippen LogP contribution in [0.25, 0.3) is 5.69 Å². The van der Waals surface area contributed by atoms with Gasteiger partial charge in [-0.15, -0.1) is 11.8 Å². The maximum Gasteiger partial charge on any atom is 0.431 e. The third-order valence-corrected chi connectivity index (χ3v) is 5.58. The average molecular weight is 525 g/mol. The summed E-state index contributed by atoms with van der Waals surface area (Å²) in [5.41, 5.74) is -4.81. The molecule has 0 radical (unpaired) electrons. The number of esters is 2. The van der Waals surface area contributed by atoms with Gasteiger partial charge >= 0.3 is 23.8 Å². The summed E-state index contributed by atoms with van der Waals surface area (Å²) in [5, 5.41) is -0.175. The molecule has 184 valence electrons. The molecule has 2 rings (SSSR count). The molecule has 2 aromatic rings. The topological polar surface area (TPSA) is 96.6 Å². The predicted octanol–water partition coefficient (Wildman–Crippen LogP) is 3.10. The lowest BCUT2D eigenvalue weighted by Crippen LogP contribution is -2.41. The first-order chi connectivity index (χ1) is 15.7. The molecule has 1 aromatic heterocycles. The second-order valence-electron chi connectivity index (χ2n) is 6.70. The SMILES string of the molecule is C=C(C)C(=O)OCCOC(=O)CSc1cc(-n2c(=O)cc(C(F)(F)F)n(C)c2=O)c(F)cc1Cl. The van der Waals surface area contributed by atoms with Crippen LogP contribution in [-0.2, 0) is 32.3 Å². The van der Waals surface area contributed by atoms with Gasteiger partial charge in [0.25, 0.3) is 5.56 Å². The van der Waals surface area contributed by atoms with E-state index in [1.165, 1.54) is 6.92 Å². The zero-order valence-electron chi connectivity index (χ0n) is 17.7. The van der Waals surface area contributed by atoms with Crippen LogP contribution in [0.2, 0.25) is 5.02 Å². The Balaban J connectivity index is 2.22. The third kappa shape index (κ3) is 6.50. The number of ether oxygens (including phenoxy) is 2. The van der Waals surface area contributed by atoms with Crippen LogP contribution < -0.4 is 11.2 Å². The summed E-state index contributed by atoms with van der Waals surface area (Å²) < 4.78 is 63.6. The molecule has 0 aliphatic rings. The van der Waals surface area contributed by atoms with Crippen LogP contribution in [0.1, 0.15) is 12.6 Å². The normalized spacial score (nSPS) is 11.3. The van der Waals surface area contributed by atoms with Crippen molar-refractivity contribution in [1.29, 1.82) is 0 Å². The molecule has 34 heavy (non-hydrogen) atoms. The van der Waals surface area contributed by atoms with Crippen molar-refractivity contribution in [2.24, 2.45) is 7.05 Å². The number of carbonyl (C=O) groups excluding carboxylic acids is 2. The van der Waals surface area contributed by atoms with Crippen LogP contribution in [0.5, 0.6) is 0 Å². The molecule has 0 spiro atoms.